The Bertz CT molecular complexity index is 693. The van der Waals surface area contributed by atoms with Crippen molar-refractivity contribution in [2.24, 2.45) is 5.11 Å². The van der Waals surface area contributed by atoms with Crippen molar-refractivity contribution < 1.29 is 4.79 Å². The summed E-state index contributed by atoms with van der Waals surface area (Å²) in [4.78, 5) is 19.9. The number of carbonyl (C=O) groups is 1. The second-order valence-electron chi connectivity index (χ2n) is 5.49. The van der Waals surface area contributed by atoms with E-state index in [1.54, 1.807) is 0 Å². The third-order valence-corrected chi connectivity index (χ3v) is 3.80. The Morgan fingerprint density at radius 3 is 2.61 bits per heavy atom. The minimum Gasteiger partial charge on any atom is -0.351 e. The van der Waals surface area contributed by atoms with Gasteiger partial charge >= 0.3 is 0 Å². The van der Waals surface area contributed by atoms with E-state index in [0.29, 0.717) is 36.1 Å². The predicted molar refractivity (Wildman–Crippen MR) is 87.5 cm³/mol. The van der Waals surface area contributed by atoms with Crippen LogP contribution >= 0.6 is 0 Å². The first-order valence-corrected chi connectivity index (χ1v) is 7.59. The lowest BCUT2D eigenvalue weighted by atomic mass is 9.94. The van der Waals surface area contributed by atoms with Gasteiger partial charge in [0.15, 0.2) is 5.82 Å². The smallest absolute Gasteiger partial charge is 0.224 e. The highest BCUT2D eigenvalue weighted by molar-refractivity contribution is 5.79. The quantitative estimate of drug-likeness (QED) is 0.729. The molecule has 0 spiro atoms. The van der Waals surface area contributed by atoms with Gasteiger partial charge in [-0.15, -0.1) is 0 Å². The molecular weight excluding hydrogens is 292 g/mol. The fourth-order valence-electron chi connectivity index (χ4n) is 2.54. The van der Waals surface area contributed by atoms with Crippen molar-refractivity contribution in [2.45, 2.75) is 31.7 Å². The Hall–Kier alpha value is -2.83. The van der Waals surface area contributed by atoms with Crippen molar-refractivity contribution in [1.82, 2.24) is 9.97 Å². The Morgan fingerprint density at radius 2 is 1.91 bits per heavy atom. The minimum atomic E-state index is 0.205. The fourth-order valence-corrected chi connectivity index (χ4v) is 2.54. The predicted octanol–water partition coefficient (Wildman–Crippen LogP) is 3.81. The van der Waals surface area contributed by atoms with Crippen LogP contribution in [0.1, 0.15) is 25.7 Å². The maximum Gasteiger partial charge on any atom is 0.224 e. The van der Waals surface area contributed by atoms with Crippen LogP contribution in [-0.2, 0) is 4.79 Å². The van der Waals surface area contributed by atoms with Crippen LogP contribution in [0.3, 0.4) is 0 Å². The van der Waals surface area contributed by atoms with E-state index >= 15 is 0 Å². The van der Waals surface area contributed by atoms with Crippen molar-refractivity contribution in [3.05, 3.63) is 36.5 Å². The topological polar surface area (TPSA) is 103 Å². The molecule has 2 aromatic rings. The standard InChI is InChI=1S/C16H18N6O/c17-22-14-10-18-16(20-12-6-8-13(23)9-7-12)21-15(14)19-11-4-2-1-3-5-11/h1-5,10,12,17H,6-9H2,(H2,18,19,20,21). The van der Waals surface area contributed by atoms with Crippen LogP contribution in [0.15, 0.2) is 41.6 Å². The van der Waals surface area contributed by atoms with Crippen LogP contribution in [0.2, 0.25) is 0 Å². The maximum absolute atomic E-state index is 11.3. The third-order valence-electron chi connectivity index (χ3n) is 3.80. The zero-order chi connectivity index (χ0) is 16.1. The molecule has 1 aromatic heterocycles. The largest absolute Gasteiger partial charge is 0.351 e. The Morgan fingerprint density at radius 1 is 1.17 bits per heavy atom. The monoisotopic (exact) mass is 310 g/mol. The lowest BCUT2D eigenvalue weighted by molar-refractivity contribution is -0.120. The van der Waals surface area contributed by atoms with Gasteiger partial charge in [0, 0.05) is 24.6 Å². The summed E-state index contributed by atoms with van der Waals surface area (Å²) < 4.78 is 0. The van der Waals surface area contributed by atoms with Crippen molar-refractivity contribution in [3.63, 3.8) is 0 Å². The van der Waals surface area contributed by atoms with Gasteiger partial charge in [0.05, 0.1) is 6.20 Å². The molecule has 0 atom stereocenters. The highest BCUT2D eigenvalue weighted by atomic mass is 16.1. The second kappa shape index (κ2) is 6.95. The zero-order valence-corrected chi connectivity index (χ0v) is 12.6. The fraction of sp³-hybridized carbons (Fsp3) is 0.312. The average Bonchev–Trinajstić information content (AvgIpc) is 2.58. The van der Waals surface area contributed by atoms with Gasteiger partial charge in [-0.2, -0.15) is 10.1 Å². The first-order chi connectivity index (χ1) is 11.2. The van der Waals surface area contributed by atoms with Crippen molar-refractivity contribution in [2.75, 3.05) is 10.6 Å². The lowest BCUT2D eigenvalue weighted by Crippen LogP contribution is -2.27. The van der Waals surface area contributed by atoms with Crippen LogP contribution in [-0.4, -0.2) is 21.8 Å². The number of nitrogens with zero attached hydrogens (tertiary/aromatic N) is 3. The van der Waals surface area contributed by atoms with Gasteiger partial charge in [-0.05, 0) is 25.0 Å². The molecule has 0 radical (unpaired) electrons. The normalized spacial score (nSPS) is 15.2. The van der Waals surface area contributed by atoms with Crippen molar-refractivity contribution in [1.29, 1.82) is 5.53 Å². The SMILES string of the molecule is N=Nc1cnc(NC2CCC(=O)CC2)nc1Nc1ccccc1. The number of carbonyl (C=O) groups excluding carboxylic acids is 1. The number of para-hydroxylation sites is 1. The van der Waals surface area contributed by atoms with Crippen molar-refractivity contribution >= 4 is 28.9 Å². The van der Waals surface area contributed by atoms with Gasteiger partial charge in [0.1, 0.15) is 11.5 Å². The molecule has 1 aliphatic rings. The number of Topliss-reactive ketones (excluding diaryl/α,β-unsaturated/α-hetero) is 1. The van der Waals surface area contributed by atoms with Crippen LogP contribution in [0, 0.1) is 5.53 Å². The molecule has 7 heteroatoms. The van der Waals surface area contributed by atoms with E-state index in [0.717, 1.165) is 18.5 Å². The number of anilines is 3. The molecule has 0 aliphatic heterocycles. The lowest BCUT2D eigenvalue weighted by Gasteiger charge is -2.22. The summed E-state index contributed by atoms with van der Waals surface area (Å²) >= 11 is 0. The second-order valence-corrected chi connectivity index (χ2v) is 5.49. The molecule has 0 unspecified atom stereocenters. The van der Waals surface area contributed by atoms with E-state index < -0.39 is 0 Å². The maximum atomic E-state index is 11.3. The number of aromatic nitrogens is 2. The zero-order valence-electron chi connectivity index (χ0n) is 12.6. The summed E-state index contributed by atoms with van der Waals surface area (Å²) in [6, 6.07) is 9.79. The number of benzene rings is 1. The molecule has 1 aliphatic carbocycles. The van der Waals surface area contributed by atoms with Gasteiger partial charge in [-0.3, -0.25) is 4.79 Å². The minimum absolute atomic E-state index is 0.205. The van der Waals surface area contributed by atoms with Gasteiger partial charge in [0.25, 0.3) is 0 Å². The molecule has 0 saturated heterocycles. The Labute approximate surface area is 134 Å². The number of rotatable bonds is 5. The summed E-state index contributed by atoms with van der Waals surface area (Å²) in [5.74, 6) is 1.28. The van der Waals surface area contributed by atoms with E-state index in [9.17, 15) is 4.79 Å². The molecule has 0 amide bonds. The molecule has 1 saturated carbocycles. The van der Waals surface area contributed by atoms with E-state index in [-0.39, 0.29) is 6.04 Å². The Balaban J connectivity index is 1.76. The Kier molecular flexibility index (Phi) is 4.56. The number of hydrogen-bond acceptors (Lipinski definition) is 7. The van der Waals surface area contributed by atoms with Gasteiger partial charge in [-0.1, -0.05) is 18.2 Å². The molecule has 7 nitrogen and oxygen atoms in total. The summed E-state index contributed by atoms with van der Waals surface area (Å²) in [6.45, 7) is 0. The van der Waals surface area contributed by atoms with Gasteiger partial charge in [-0.25, -0.2) is 10.5 Å². The summed E-state index contributed by atoms with van der Waals surface area (Å²) in [6.07, 6.45) is 4.32. The summed E-state index contributed by atoms with van der Waals surface area (Å²) in [5, 5.41) is 9.87. The average molecular weight is 310 g/mol. The van der Waals surface area contributed by atoms with Gasteiger partial charge in [0.2, 0.25) is 5.95 Å². The molecular formula is C16H18N6O. The number of hydrogen-bond donors (Lipinski definition) is 3. The molecule has 23 heavy (non-hydrogen) atoms. The summed E-state index contributed by atoms with van der Waals surface area (Å²) in [5.41, 5.74) is 8.48. The molecule has 1 aromatic carbocycles. The molecule has 3 N–H and O–H groups in total. The van der Waals surface area contributed by atoms with E-state index in [2.05, 4.69) is 25.7 Å². The van der Waals surface area contributed by atoms with E-state index in [4.69, 9.17) is 5.53 Å². The molecule has 1 heterocycles. The van der Waals surface area contributed by atoms with E-state index in [1.165, 1.54) is 6.20 Å². The third kappa shape index (κ3) is 3.88. The van der Waals surface area contributed by atoms with Crippen LogP contribution < -0.4 is 10.6 Å². The van der Waals surface area contributed by atoms with Gasteiger partial charge < -0.3 is 10.6 Å². The van der Waals surface area contributed by atoms with Crippen LogP contribution in [0.5, 0.6) is 0 Å². The van der Waals surface area contributed by atoms with Crippen molar-refractivity contribution in [3.8, 4) is 0 Å². The molecule has 118 valence electrons. The molecule has 0 bridgehead atoms. The number of ketones is 1. The van der Waals surface area contributed by atoms with Crippen LogP contribution in [0.4, 0.5) is 23.1 Å². The molecule has 3 rings (SSSR count). The van der Waals surface area contributed by atoms with E-state index in [1.807, 2.05) is 30.3 Å². The highest BCUT2D eigenvalue weighted by Crippen LogP contribution is 2.27. The first-order valence-electron chi connectivity index (χ1n) is 7.59. The van der Waals surface area contributed by atoms with Crippen LogP contribution in [0.25, 0.3) is 0 Å². The first kappa shape index (κ1) is 15.1. The molecule has 1 fully saturated rings. The summed E-state index contributed by atoms with van der Waals surface area (Å²) in [7, 11) is 0. The number of nitrogens with one attached hydrogen (secondary N) is 3. The highest BCUT2D eigenvalue weighted by Gasteiger charge is 2.19.